The van der Waals surface area contributed by atoms with Gasteiger partial charge in [-0.15, -0.1) is 0 Å². The summed E-state index contributed by atoms with van der Waals surface area (Å²) >= 11 is 0. The van der Waals surface area contributed by atoms with Crippen LogP contribution >= 0.6 is 0 Å². The molecule has 0 saturated carbocycles. The summed E-state index contributed by atoms with van der Waals surface area (Å²) in [6.45, 7) is 1.52. The third-order valence-corrected chi connectivity index (χ3v) is 3.03. The number of anilines is 1. The van der Waals surface area contributed by atoms with Crippen LogP contribution in [0.25, 0.3) is 0 Å². The third kappa shape index (κ3) is 3.02. The summed E-state index contributed by atoms with van der Waals surface area (Å²) in [5.74, 6) is 4.61. The Bertz CT molecular complexity index is 499. The van der Waals surface area contributed by atoms with Crippen molar-refractivity contribution >= 4 is 11.6 Å². The number of nitrogens with zero attached hydrogens (tertiary/aromatic N) is 1. The summed E-state index contributed by atoms with van der Waals surface area (Å²) in [6, 6.07) is 3.28. The fourth-order valence-corrected chi connectivity index (χ4v) is 1.99. The summed E-state index contributed by atoms with van der Waals surface area (Å²) in [4.78, 5) is 13.6. The lowest BCUT2D eigenvalue weighted by Crippen LogP contribution is -2.40. The van der Waals surface area contributed by atoms with Gasteiger partial charge in [-0.2, -0.15) is 13.2 Å². The number of hydrazine groups is 1. The van der Waals surface area contributed by atoms with E-state index in [1.165, 1.54) is 11.0 Å². The van der Waals surface area contributed by atoms with Crippen LogP contribution in [0.15, 0.2) is 18.2 Å². The number of hydrogen-bond acceptors (Lipinski definition) is 4. The first-order valence-electron chi connectivity index (χ1n) is 5.98. The molecular weight excluding hydrogens is 275 g/mol. The van der Waals surface area contributed by atoms with Crippen molar-refractivity contribution in [3.63, 3.8) is 0 Å². The van der Waals surface area contributed by atoms with Crippen molar-refractivity contribution in [2.24, 2.45) is 5.84 Å². The van der Waals surface area contributed by atoms with E-state index in [1.807, 2.05) is 5.43 Å². The maximum Gasteiger partial charge on any atom is 0.418 e. The first-order valence-corrected chi connectivity index (χ1v) is 5.98. The molecule has 5 nitrogen and oxygen atoms in total. The van der Waals surface area contributed by atoms with Gasteiger partial charge < -0.3 is 15.1 Å². The topological polar surface area (TPSA) is 67.6 Å². The van der Waals surface area contributed by atoms with Crippen molar-refractivity contribution in [1.29, 1.82) is 0 Å². The van der Waals surface area contributed by atoms with E-state index in [0.717, 1.165) is 12.1 Å². The Hall–Kier alpha value is -1.80. The van der Waals surface area contributed by atoms with Gasteiger partial charge in [-0.05, 0) is 18.2 Å². The van der Waals surface area contributed by atoms with Gasteiger partial charge in [0.05, 0.1) is 24.5 Å². The number of alkyl halides is 3. The molecule has 0 spiro atoms. The van der Waals surface area contributed by atoms with Crippen LogP contribution < -0.4 is 11.3 Å². The Morgan fingerprint density at radius 1 is 1.30 bits per heavy atom. The molecule has 0 unspecified atom stereocenters. The highest BCUT2D eigenvalue weighted by Crippen LogP contribution is 2.35. The highest BCUT2D eigenvalue weighted by Gasteiger charge is 2.34. The van der Waals surface area contributed by atoms with Gasteiger partial charge in [0.15, 0.2) is 0 Å². The Balaban J connectivity index is 2.30. The summed E-state index contributed by atoms with van der Waals surface area (Å²) < 4.78 is 43.7. The molecule has 0 aromatic heterocycles. The van der Waals surface area contributed by atoms with Gasteiger partial charge in [0.2, 0.25) is 0 Å². The Morgan fingerprint density at radius 2 is 1.95 bits per heavy atom. The average molecular weight is 289 g/mol. The third-order valence-electron chi connectivity index (χ3n) is 3.03. The SMILES string of the molecule is NNc1ccc(C(=O)N2CCOCC2)cc1C(F)(F)F. The van der Waals surface area contributed by atoms with E-state index in [-0.39, 0.29) is 11.3 Å². The van der Waals surface area contributed by atoms with Crippen LogP contribution in [0, 0.1) is 0 Å². The van der Waals surface area contributed by atoms with Crippen molar-refractivity contribution < 1.29 is 22.7 Å². The molecule has 1 aromatic rings. The molecule has 1 saturated heterocycles. The number of carbonyl (C=O) groups is 1. The van der Waals surface area contributed by atoms with E-state index in [1.54, 1.807) is 0 Å². The average Bonchev–Trinajstić information content (AvgIpc) is 2.46. The highest BCUT2D eigenvalue weighted by atomic mass is 19.4. The zero-order chi connectivity index (χ0) is 14.8. The maximum absolute atomic E-state index is 12.9. The molecule has 1 fully saturated rings. The summed E-state index contributed by atoms with van der Waals surface area (Å²) in [6.07, 6.45) is -4.58. The molecular formula is C12H14F3N3O2. The van der Waals surface area contributed by atoms with E-state index in [0.29, 0.717) is 26.3 Å². The van der Waals surface area contributed by atoms with Gasteiger partial charge in [0.1, 0.15) is 0 Å². The first-order chi connectivity index (χ1) is 9.43. The highest BCUT2D eigenvalue weighted by molar-refractivity contribution is 5.95. The zero-order valence-electron chi connectivity index (χ0n) is 10.5. The second-order valence-electron chi connectivity index (χ2n) is 4.31. The van der Waals surface area contributed by atoms with Gasteiger partial charge in [-0.3, -0.25) is 10.6 Å². The number of carbonyl (C=O) groups excluding carboxylic acids is 1. The number of nitrogen functional groups attached to an aromatic ring is 1. The van der Waals surface area contributed by atoms with Crippen LogP contribution in [0.3, 0.4) is 0 Å². The Morgan fingerprint density at radius 3 is 2.50 bits per heavy atom. The van der Waals surface area contributed by atoms with Gasteiger partial charge in [-0.1, -0.05) is 0 Å². The van der Waals surface area contributed by atoms with E-state index in [4.69, 9.17) is 10.6 Å². The summed E-state index contributed by atoms with van der Waals surface area (Å²) in [5.41, 5.74) is 0.741. The lowest BCUT2D eigenvalue weighted by atomic mass is 10.1. The number of amides is 1. The quantitative estimate of drug-likeness (QED) is 0.639. The number of nitrogens with two attached hydrogens (primary N) is 1. The lowest BCUT2D eigenvalue weighted by molar-refractivity contribution is -0.137. The van der Waals surface area contributed by atoms with Gasteiger partial charge in [-0.25, -0.2) is 0 Å². The smallest absolute Gasteiger partial charge is 0.378 e. The van der Waals surface area contributed by atoms with E-state index < -0.39 is 17.6 Å². The summed E-state index contributed by atoms with van der Waals surface area (Å²) in [7, 11) is 0. The summed E-state index contributed by atoms with van der Waals surface area (Å²) in [5, 5.41) is 0. The number of halogens is 3. The molecule has 110 valence electrons. The number of ether oxygens (including phenoxy) is 1. The molecule has 0 radical (unpaired) electrons. The van der Waals surface area contributed by atoms with Crippen molar-refractivity contribution in [3.05, 3.63) is 29.3 Å². The van der Waals surface area contributed by atoms with Crippen LogP contribution in [0.5, 0.6) is 0 Å². The van der Waals surface area contributed by atoms with Crippen LogP contribution in [0.4, 0.5) is 18.9 Å². The second kappa shape index (κ2) is 5.68. The molecule has 1 amide bonds. The van der Waals surface area contributed by atoms with E-state index in [2.05, 4.69) is 0 Å². The number of morpholine rings is 1. The van der Waals surface area contributed by atoms with Crippen LogP contribution in [0.2, 0.25) is 0 Å². The molecule has 1 aliphatic rings. The van der Waals surface area contributed by atoms with Crippen molar-refractivity contribution in [1.82, 2.24) is 4.90 Å². The molecule has 8 heteroatoms. The van der Waals surface area contributed by atoms with Gasteiger partial charge in [0, 0.05) is 18.7 Å². The monoisotopic (exact) mass is 289 g/mol. The fourth-order valence-electron chi connectivity index (χ4n) is 1.99. The zero-order valence-corrected chi connectivity index (χ0v) is 10.5. The molecule has 2 rings (SSSR count). The fraction of sp³-hybridized carbons (Fsp3) is 0.417. The minimum absolute atomic E-state index is 0.0155. The minimum Gasteiger partial charge on any atom is -0.378 e. The predicted octanol–water partition coefficient (Wildman–Crippen LogP) is 1.46. The molecule has 1 aliphatic heterocycles. The predicted molar refractivity (Wildman–Crippen MR) is 66.0 cm³/mol. The molecule has 0 atom stereocenters. The van der Waals surface area contributed by atoms with Crippen molar-refractivity contribution in [2.45, 2.75) is 6.18 Å². The molecule has 1 aromatic carbocycles. The van der Waals surface area contributed by atoms with Crippen LogP contribution in [-0.4, -0.2) is 37.1 Å². The maximum atomic E-state index is 12.9. The van der Waals surface area contributed by atoms with Gasteiger partial charge >= 0.3 is 6.18 Å². The minimum atomic E-state index is -4.58. The van der Waals surface area contributed by atoms with Gasteiger partial charge in [0.25, 0.3) is 5.91 Å². The lowest BCUT2D eigenvalue weighted by Gasteiger charge is -2.27. The number of benzene rings is 1. The number of hydrogen-bond donors (Lipinski definition) is 2. The van der Waals surface area contributed by atoms with Crippen molar-refractivity contribution in [2.75, 3.05) is 31.7 Å². The van der Waals surface area contributed by atoms with Crippen molar-refractivity contribution in [3.8, 4) is 0 Å². The molecule has 3 N–H and O–H groups in total. The normalized spacial score (nSPS) is 16.1. The second-order valence-corrected chi connectivity index (χ2v) is 4.31. The molecule has 20 heavy (non-hydrogen) atoms. The van der Waals surface area contributed by atoms with Crippen LogP contribution in [-0.2, 0) is 10.9 Å². The standard InChI is InChI=1S/C12H14F3N3O2/c13-12(14,15)9-7-8(1-2-10(9)17-16)11(19)18-3-5-20-6-4-18/h1-2,7,17H,3-6,16H2. The Labute approximate surface area is 113 Å². The molecule has 0 aliphatic carbocycles. The number of rotatable bonds is 2. The molecule has 0 bridgehead atoms. The Kier molecular flexibility index (Phi) is 4.15. The largest absolute Gasteiger partial charge is 0.418 e. The van der Waals surface area contributed by atoms with Crippen LogP contribution in [0.1, 0.15) is 15.9 Å². The number of nitrogens with one attached hydrogen (secondary N) is 1. The molecule has 1 heterocycles. The van der Waals surface area contributed by atoms with E-state index >= 15 is 0 Å². The van der Waals surface area contributed by atoms with E-state index in [9.17, 15) is 18.0 Å². The first kappa shape index (κ1) is 14.6.